The van der Waals surface area contributed by atoms with Gasteiger partial charge in [0.15, 0.2) is 5.82 Å². The molecule has 0 unspecified atom stereocenters. The normalized spacial score (nSPS) is 20.7. The van der Waals surface area contributed by atoms with Crippen LogP contribution in [0, 0.1) is 12.8 Å². The number of carbonyl (C=O) groups is 2. The highest BCUT2D eigenvalue weighted by molar-refractivity contribution is 5.80. The van der Waals surface area contributed by atoms with Crippen molar-refractivity contribution in [3.63, 3.8) is 0 Å². The van der Waals surface area contributed by atoms with E-state index in [1.165, 1.54) is 0 Å². The van der Waals surface area contributed by atoms with E-state index in [9.17, 15) is 9.59 Å². The Morgan fingerprint density at radius 2 is 1.85 bits per heavy atom. The third-order valence-corrected chi connectivity index (χ3v) is 6.11. The first-order chi connectivity index (χ1) is 12.9. The molecule has 2 saturated heterocycles. The molecular formula is C19H30N4O4. The highest BCUT2D eigenvalue weighted by Crippen LogP contribution is 2.38. The molecule has 1 aromatic rings. The topological polar surface area (TPSA) is 88.8 Å². The van der Waals surface area contributed by atoms with Crippen LogP contribution in [0.5, 0.6) is 0 Å². The van der Waals surface area contributed by atoms with Crippen molar-refractivity contribution in [2.45, 2.75) is 51.4 Å². The van der Waals surface area contributed by atoms with Crippen molar-refractivity contribution in [2.75, 3.05) is 39.9 Å². The van der Waals surface area contributed by atoms with Gasteiger partial charge in [0.1, 0.15) is 0 Å². The average molecular weight is 378 g/mol. The summed E-state index contributed by atoms with van der Waals surface area (Å²) < 4.78 is 10.5. The molecule has 8 nitrogen and oxygen atoms in total. The lowest BCUT2D eigenvalue weighted by Crippen LogP contribution is -2.49. The van der Waals surface area contributed by atoms with Crippen LogP contribution in [-0.2, 0) is 19.7 Å². The Balaban J connectivity index is 1.61. The summed E-state index contributed by atoms with van der Waals surface area (Å²) in [7, 11) is 1.70. The minimum atomic E-state index is -0.192. The summed E-state index contributed by atoms with van der Waals surface area (Å²) in [5, 5.41) is 4.17. The molecule has 0 bridgehead atoms. The summed E-state index contributed by atoms with van der Waals surface area (Å²) in [6.07, 6.45) is 3.96. The minimum Gasteiger partial charge on any atom is -0.385 e. The van der Waals surface area contributed by atoms with E-state index in [1.54, 1.807) is 21.0 Å². The van der Waals surface area contributed by atoms with Crippen molar-refractivity contribution in [1.82, 2.24) is 19.9 Å². The number of rotatable bonds is 5. The number of carbonyl (C=O) groups excluding carboxylic acids is 2. The van der Waals surface area contributed by atoms with Gasteiger partial charge in [-0.2, -0.15) is 4.98 Å². The van der Waals surface area contributed by atoms with Gasteiger partial charge in [0, 0.05) is 65.1 Å². The van der Waals surface area contributed by atoms with Gasteiger partial charge in [-0.3, -0.25) is 9.59 Å². The Morgan fingerprint density at radius 1 is 1.19 bits per heavy atom. The average Bonchev–Trinajstić information content (AvgIpc) is 3.13. The van der Waals surface area contributed by atoms with Crippen LogP contribution < -0.4 is 0 Å². The lowest BCUT2D eigenvalue weighted by atomic mass is 9.74. The van der Waals surface area contributed by atoms with E-state index in [0.717, 1.165) is 37.9 Å². The van der Waals surface area contributed by atoms with Gasteiger partial charge in [-0.05, 0) is 32.1 Å². The maximum absolute atomic E-state index is 12.9. The lowest BCUT2D eigenvalue weighted by molar-refractivity contribution is -0.141. The second-order valence-corrected chi connectivity index (χ2v) is 7.77. The van der Waals surface area contributed by atoms with Gasteiger partial charge in [-0.25, -0.2) is 0 Å². The van der Waals surface area contributed by atoms with Gasteiger partial charge < -0.3 is 19.1 Å². The smallest absolute Gasteiger partial charge is 0.225 e. The molecule has 0 atom stereocenters. The summed E-state index contributed by atoms with van der Waals surface area (Å²) in [6, 6.07) is 0. The Kier molecular flexibility index (Phi) is 6.14. The van der Waals surface area contributed by atoms with Crippen LogP contribution >= 0.6 is 0 Å². The Labute approximate surface area is 160 Å². The molecule has 2 amide bonds. The number of piperidine rings is 2. The first kappa shape index (κ1) is 19.8. The Hall–Kier alpha value is -1.96. The Morgan fingerprint density at radius 3 is 2.37 bits per heavy atom. The molecule has 3 heterocycles. The maximum Gasteiger partial charge on any atom is 0.225 e. The van der Waals surface area contributed by atoms with E-state index in [1.807, 2.05) is 9.80 Å². The Bertz CT molecular complexity index is 658. The number of hydrogen-bond donors (Lipinski definition) is 0. The molecule has 0 saturated carbocycles. The molecule has 0 aliphatic carbocycles. The number of ether oxygens (including phenoxy) is 1. The molecule has 0 aromatic carbocycles. The molecular weight excluding hydrogens is 348 g/mol. The van der Waals surface area contributed by atoms with Crippen LogP contribution in [0.25, 0.3) is 0 Å². The number of aromatic nitrogens is 2. The largest absolute Gasteiger partial charge is 0.385 e. The number of nitrogens with zero attached hydrogens (tertiary/aromatic N) is 4. The van der Waals surface area contributed by atoms with Gasteiger partial charge in [-0.15, -0.1) is 0 Å². The molecule has 2 fully saturated rings. The summed E-state index contributed by atoms with van der Waals surface area (Å²) >= 11 is 0. The molecule has 27 heavy (non-hydrogen) atoms. The van der Waals surface area contributed by atoms with E-state index >= 15 is 0 Å². The van der Waals surface area contributed by atoms with Gasteiger partial charge in [-0.1, -0.05) is 5.16 Å². The molecule has 2 aliphatic rings. The van der Waals surface area contributed by atoms with Crippen molar-refractivity contribution in [3.8, 4) is 0 Å². The van der Waals surface area contributed by atoms with Gasteiger partial charge in [0.05, 0.1) is 0 Å². The summed E-state index contributed by atoms with van der Waals surface area (Å²) in [4.78, 5) is 32.7. The summed E-state index contributed by atoms with van der Waals surface area (Å²) in [5.41, 5.74) is -0.192. The van der Waals surface area contributed by atoms with E-state index in [4.69, 9.17) is 9.26 Å². The SMILES string of the molecule is COCCC1(c2noc(C)n2)CCN(C(=O)C2CCN(C(C)=O)CC2)CC1. The van der Waals surface area contributed by atoms with Crippen LogP contribution in [0.3, 0.4) is 0 Å². The van der Waals surface area contributed by atoms with Crippen molar-refractivity contribution in [3.05, 3.63) is 11.7 Å². The molecule has 1 aromatic heterocycles. The zero-order valence-corrected chi connectivity index (χ0v) is 16.6. The fourth-order valence-corrected chi connectivity index (χ4v) is 4.25. The molecule has 150 valence electrons. The van der Waals surface area contributed by atoms with Gasteiger partial charge in [0.2, 0.25) is 17.7 Å². The fraction of sp³-hybridized carbons (Fsp3) is 0.789. The number of amides is 2. The molecule has 8 heteroatoms. The number of aryl methyl sites for hydroxylation is 1. The molecule has 0 spiro atoms. The second kappa shape index (κ2) is 8.37. The highest BCUT2D eigenvalue weighted by atomic mass is 16.5. The van der Waals surface area contributed by atoms with Gasteiger partial charge in [0.25, 0.3) is 0 Å². The van der Waals surface area contributed by atoms with Crippen molar-refractivity contribution < 1.29 is 18.8 Å². The minimum absolute atomic E-state index is 0.0273. The number of likely N-dealkylation sites (tertiary alicyclic amines) is 2. The van der Waals surface area contributed by atoms with Crippen molar-refractivity contribution >= 4 is 11.8 Å². The van der Waals surface area contributed by atoms with E-state index in [0.29, 0.717) is 38.7 Å². The van der Waals surface area contributed by atoms with Crippen LogP contribution in [0.4, 0.5) is 0 Å². The zero-order valence-electron chi connectivity index (χ0n) is 16.6. The monoisotopic (exact) mass is 378 g/mol. The molecule has 2 aliphatic heterocycles. The predicted octanol–water partition coefficient (Wildman–Crippen LogP) is 1.53. The standard InChI is InChI=1S/C19H30N4O4/c1-14-20-18(21-27-14)19(8-13-26-3)6-11-23(12-7-19)17(25)16-4-9-22(10-5-16)15(2)24/h16H,4-13H2,1-3H3. The van der Waals surface area contributed by atoms with Crippen LogP contribution in [0.15, 0.2) is 4.52 Å². The maximum atomic E-state index is 12.9. The van der Waals surface area contributed by atoms with Crippen molar-refractivity contribution in [2.24, 2.45) is 5.92 Å². The fourth-order valence-electron chi connectivity index (χ4n) is 4.25. The van der Waals surface area contributed by atoms with E-state index in [-0.39, 0.29) is 23.1 Å². The van der Waals surface area contributed by atoms with E-state index in [2.05, 4.69) is 10.1 Å². The first-order valence-corrected chi connectivity index (χ1v) is 9.79. The summed E-state index contributed by atoms with van der Waals surface area (Å²) in [5.74, 6) is 1.65. The van der Waals surface area contributed by atoms with Crippen LogP contribution in [-0.4, -0.2) is 71.7 Å². The quantitative estimate of drug-likeness (QED) is 0.772. The zero-order chi connectivity index (χ0) is 19.4. The van der Waals surface area contributed by atoms with Crippen LogP contribution in [0.1, 0.15) is 50.7 Å². The van der Waals surface area contributed by atoms with E-state index < -0.39 is 0 Å². The third-order valence-electron chi connectivity index (χ3n) is 6.11. The number of hydrogen-bond acceptors (Lipinski definition) is 6. The first-order valence-electron chi connectivity index (χ1n) is 9.79. The molecule has 3 rings (SSSR count). The lowest BCUT2D eigenvalue weighted by Gasteiger charge is -2.41. The highest BCUT2D eigenvalue weighted by Gasteiger charge is 2.42. The third kappa shape index (κ3) is 4.31. The van der Waals surface area contributed by atoms with Gasteiger partial charge >= 0.3 is 0 Å². The predicted molar refractivity (Wildman–Crippen MR) is 98.0 cm³/mol. The summed E-state index contributed by atoms with van der Waals surface area (Å²) in [6.45, 7) is 6.77. The number of methoxy groups -OCH3 is 1. The molecule has 0 N–H and O–H groups in total. The van der Waals surface area contributed by atoms with Crippen LogP contribution in [0.2, 0.25) is 0 Å². The second-order valence-electron chi connectivity index (χ2n) is 7.77. The van der Waals surface area contributed by atoms with Crippen molar-refractivity contribution in [1.29, 1.82) is 0 Å². The molecule has 0 radical (unpaired) electrons.